The zero-order valence-corrected chi connectivity index (χ0v) is 15.6. The van der Waals surface area contributed by atoms with Crippen molar-refractivity contribution in [2.24, 2.45) is 7.05 Å². The van der Waals surface area contributed by atoms with E-state index in [-0.39, 0.29) is 10.6 Å². The van der Waals surface area contributed by atoms with Crippen LogP contribution in [0, 0.1) is 19.7 Å². The molecule has 0 aliphatic carbocycles. The SMILES string of the molecule is Cc1nn(C)c(C)c1NC(=O)[C@H](C)OC(=O)/C=C/c1c(F)cccc1Cl. The maximum Gasteiger partial charge on any atom is 0.331 e. The fraction of sp³-hybridized carbons (Fsp3) is 0.278. The van der Waals surface area contributed by atoms with Crippen LogP contribution in [0.3, 0.4) is 0 Å². The third-order valence-electron chi connectivity index (χ3n) is 3.81. The van der Waals surface area contributed by atoms with Gasteiger partial charge in [-0.1, -0.05) is 17.7 Å². The number of nitrogens with zero attached hydrogens (tertiary/aromatic N) is 2. The summed E-state index contributed by atoms with van der Waals surface area (Å²) in [4.78, 5) is 24.1. The summed E-state index contributed by atoms with van der Waals surface area (Å²) in [7, 11) is 1.76. The first-order chi connectivity index (χ1) is 12.2. The van der Waals surface area contributed by atoms with Crippen LogP contribution in [-0.4, -0.2) is 27.8 Å². The van der Waals surface area contributed by atoms with Gasteiger partial charge in [0, 0.05) is 18.7 Å². The first-order valence-corrected chi connectivity index (χ1v) is 8.22. The summed E-state index contributed by atoms with van der Waals surface area (Å²) < 4.78 is 20.3. The van der Waals surface area contributed by atoms with Crippen molar-refractivity contribution in [2.75, 3.05) is 5.32 Å². The van der Waals surface area contributed by atoms with E-state index in [0.29, 0.717) is 11.4 Å². The van der Waals surface area contributed by atoms with Gasteiger partial charge in [-0.25, -0.2) is 9.18 Å². The highest BCUT2D eigenvalue weighted by Crippen LogP contribution is 2.21. The van der Waals surface area contributed by atoms with Crippen molar-refractivity contribution in [2.45, 2.75) is 26.9 Å². The number of anilines is 1. The van der Waals surface area contributed by atoms with Crippen LogP contribution in [0.15, 0.2) is 24.3 Å². The predicted octanol–water partition coefficient (Wildman–Crippen LogP) is 3.41. The molecule has 1 aromatic carbocycles. The fourth-order valence-corrected chi connectivity index (χ4v) is 2.49. The van der Waals surface area contributed by atoms with Gasteiger partial charge in [-0.2, -0.15) is 5.10 Å². The average Bonchev–Trinajstić information content (AvgIpc) is 2.80. The standard InChI is InChI=1S/C18H19ClFN3O3/c1-10-17(11(2)23(4)22-10)21-18(25)12(3)26-16(24)9-8-13-14(19)6-5-7-15(13)20/h5-9,12H,1-4H3,(H,21,25)/b9-8+/t12-/m0/s1. The normalized spacial score (nSPS) is 12.2. The number of ether oxygens (including phenoxy) is 1. The minimum absolute atomic E-state index is 0.0739. The maximum absolute atomic E-state index is 13.7. The van der Waals surface area contributed by atoms with Crippen LogP contribution in [0.2, 0.25) is 5.02 Å². The Morgan fingerprint density at radius 1 is 1.38 bits per heavy atom. The van der Waals surface area contributed by atoms with Crippen LogP contribution in [0.4, 0.5) is 10.1 Å². The first kappa shape index (κ1) is 19.7. The van der Waals surface area contributed by atoms with E-state index in [4.69, 9.17) is 16.3 Å². The van der Waals surface area contributed by atoms with E-state index in [1.54, 1.807) is 18.7 Å². The third-order valence-corrected chi connectivity index (χ3v) is 4.13. The van der Waals surface area contributed by atoms with Crippen LogP contribution in [0.1, 0.15) is 23.9 Å². The molecule has 1 N–H and O–H groups in total. The molecule has 2 aromatic rings. The zero-order valence-electron chi connectivity index (χ0n) is 14.8. The largest absolute Gasteiger partial charge is 0.449 e. The summed E-state index contributed by atoms with van der Waals surface area (Å²) in [5, 5.41) is 7.06. The van der Waals surface area contributed by atoms with Crippen molar-refractivity contribution in [3.8, 4) is 0 Å². The predicted molar refractivity (Wildman–Crippen MR) is 97.3 cm³/mol. The van der Waals surface area contributed by atoms with Crippen molar-refractivity contribution in [1.29, 1.82) is 0 Å². The lowest BCUT2D eigenvalue weighted by atomic mass is 10.2. The van der Waals surface area contributed by atoms with Crippen LogP contribution in [0.25, 0.3) is 6.08 Å². The zero-order chi connectivity index (χ0) is 19.4. The Kier molecular flexibility index (Phi) is 6.15. The molecule has 1 heterocycles. The lowest BCUT2D eigenvalue weighted by molar-refractivity contribution is -0.148. The minimum Gasteiger partial charge on any atom is -0.449 e. The van der Waals surface area contributed by atoms with Gasteiger partial charge >= 0.3 is 5.97 Å². The molecule has 2 rings (SSSR count). The maximum atomic E-state index is 13.7. The van der Waals surface area contributed by atoms with Gasteiger partial charge in [0.25, 0.3) is 5.91 Å². The van der Waals surface area contributed by atoms with E-state index in [1.165, 1.54) is 31.2 Å². The molecule has 0 spiro atoms. The molecule has 8 heteroatoms. The van der Waals surface area contributed by atoms with Crippen molar-refractivity contribution >= 4 is 35.2 Å². The Morgan fingerprint density at radius 2 is 2.08 bits per heavy atom. The van der Waals surface area contributed by atoms with E-state index < -0.39 is 23.8 Å². The number of aryl methyl sites for hydroxylation is 2. The molecular formula is C18H19ClFN3O3. The topological polar surface area (TPSA) is 73.2 Å². The Morgan fingerprint density at radius 3 is 2.65 bits per heavy atom. The van der Waals surface area contributed by atoms with Gasteiger partial charge < -0.3 is 10.1 Å². The smallest absolute Gasteiger partial charge is 0.331 e. The third kappa shape index (κ3) is 4.49. The molecule has 1 atom stereocenters. The molecule has 1 aromatic heterocycles. The van der Waals surface area contributed by atoms with Gasteiger partial charge in [0.05, 0.1) is 22.1 Å². The Hall–Kier alpha value is -2.67. The number of aromatic nitrogens is 2. The summed E-state index contributed by atoms with van der Waals surface area (Å²) in [6.07, 6.45) is 1.19. The molecule has 0 unspecified atom stereocenters. The lowest BCUT2D eigenvalue weighted by Crippen LogP contribution is -2.29. The van der Waals surface area contributed by atoms with E-state index >= 15 is 0 Å². The minimum atomic E-state index is -1.04. The molecule has 0 fully saturated rings. The van der Waals surface area contributed by atoms with Gasteiger partial charge in [0.15, 0.2) is 6.10 Å². The Bertz CT molecular complexity index is 857. The monoisotopic (exact) mass is 379 g/mol. The van der Waals surface area contributed by atoms with Crippen LogP contribution < -0.4 is 5.32 Å². The molecule has 26 heavy (non-hydrogen) atoms. The summed E-state index contributed by atoms with van der Waals surface area (Å²) in [6, 6.07) is 4.19. The van der Waals surface area contributed by atoms with Crippen molar-refractivity contribution in [3.05, 3.63) is 52.1 Å². The second-order valence-electron chi connectivity index (χ2n) is 5.71. The second-order valence-corrected chi connectivity index (χ2v) is 6.11. The number of amides is 1. The number of hydrogen-bond donors (Lipinski definition) is 1. The lowest BCUT2D eigenvalue weighted by Gasteiger charge is -2.12. The number of esters is 1. The number of nitrogens with one attached hydrogen (secondary N) is 1. The summed E-state index contributed by atoms with van der Waals surface area (Å²) in [5.74, 6) is -1.84. The summed E-state index contributed by atoms with van der Waals surface area (Å²) in [5.41, 5.74) is 2.09. The van der Waals surface area contributed by atoms with E-state index in [1.807, 2.05) is 6.92 Å². The Labute approximate surface area is 155 Å². The molecule has 6 nitrogen and oxygen atoms in total. The first-order valence-electron chi connectivity index (χ1n) is 7.84. The molecule has 0 saturated carbocycles. The molecule has 1 amide bonds. The highest BCUT2D eigenvalue weighted by molar-refractivity contribution is 6.32. The number of halogens is 2. The molecule has 0 radical (unpaired) electrons. The summed E-state index contributed by atoms with van der Waals surface area (Å²) in [6.45, 7) is 5.02. The molecule has 138 valence electrons. The van der Waals surface area contributed by atoms with Gasteiger partial charge in [0.2, 0.25) is 0 Å². The second kappa shape index (κ2) is 8.14. The number of carbonyl (C=O) groups excluding carboxylic acids is 2. The van der Waals surface area contributed by atoms with Crippen LogP contribution in [0.5, 0.6) is 0 Å². The number of benzene rings is 1. The van der Waals surface area contributed by atoms with Crippen LogP contribution >= 0.6 is 11.6 Å². The highest BCUT2D eigenvalue weighted by Gasteiger charge is 2.20. The molecule has 0 aliphatic heterocycles. The summed E-state index contributed by atoms with van der Waals surface area (Å²) >= 11 is 5.88. The van der Waals surface area contributed by atoms with E-state index in [2.05, 4.69) is 10.4 Å². The molecule has 0 aliphatic rings. The van der Waals surface area contributed by atoms with E-state index in [0.717, 1.165) is 11.8 Å². The average molecular weight is 380 g/mol. The van der Waals surface area contributed by atoms with Gasteiger partial charge in [-0.3, -0.25) is 9.48 Å². The molecule has 0 bridgehead atoms. The fourth-order valence-electron chi connectivity index (χ4n) is 2.27. The van der Waals surface area contributed by atoms with Crippen molar-refractivity contribution < 1.29 is 18.7 Å². The van der Waals surface area contributed by atoms with E-state index in [9.17, 15) is 14.0 Å². The molecular weight excluding hydrogens is 361 g/mol. The number of carbonyl (C=O) groups is 2. The van der Waals surface area contributed by atoms with Crippen molar-refractivity contribution in [3.63, 3.8) is 0 Å². The van der Waals surface area contributed by atoms with Crippen LogP contribution in [-0.2, 0) is 21.4 Å². The molecule has 0 saturated heterocycles. The van der Waals surface area contributed by atoms with Gasteiger partial charge in [0.1, 0.15) is 5.82 Å². The van der Waals surface area contributed by atoms with Gasteiger partial charge in [-0.15, -0.1) is 0 Å². The van der Waals surface area contributed by atoms with Gasteiger partial charge in [-0.05, 0) is 39.0 Å². The number of rotatable bonds is 5. The number of hydrogen-bond acceptors (Lipinski definition) is 4. The quantitative estimate of drug-likeness (QED) is 0.638. The van der Waals surface area contributed by atoms with Crippen molar-refractivity contribution in [1.82, 2.24) is 9.78 Å². The Balaban J connectivity index is 2.00. The highest BCUT2D eigenvalue weighted by atomic mass is 35.5.